The van der Waals surface area contributed by atoms with Gasteiger partial charge in [0.25, 0.3) is 11.5 Å². The molecule has 0 N–H and O–H groups in total. The maximum Gasteiger partial charge on any atom is 0.417 e. The summed E-state index contributed by atoms with van der Waals surface area (Å²) in [5, 5.41) is 4.68. The molecule has 0 bridgehead atoms. The highest BCUT2D eigenvalue weighted by atomic mass is 79.9. The molecule has 3 aromatic heterocycles. The summed E-state index contributed by atoms with van der Waals surface area (Å²) in [5.41, 5.74) is 2.95. The highest BCUT2D eigenvalue weighted by Gasteiger charge is 2.36. The highest BCUT2D eigenvalue weighted by molar-refractivity contribution is 9.10. The second-order valence-corrected chi connectivity index (χ2v) is 12.5. The van der Waals surface area contributed by atoms with Crippen LogP contribution in [0, 0.1) is 5.92 Å². The van der Waals surface area contributed by atoms with Gasteiger partial charge in [-0.3, -0.25) is 14.2 Å². The summed E-state index contributed by atoms with van der Waals surface area (Å²) in [5.74, 6) is 0.542. The Labute approximate surface area is 259 Å². The van der Waals surface area contributed by atoms with E-state index in [1.807, 2.05) is 42.1 Å². The molecule has 6 rings (SSSR count). The molecular formula is C32H30BrF3N6O2. The molecule has 0 aliphatic carbocycles. The highest BCUT2D eigenvalue weighted by Crippen LogP contribution is 2.36. The first-order valence-corrected chi connectivity index (χ1v) is 15.0. The van der Waals surface area contributed by atoms with E-state index in [-0.39, 0.29) is 34.5 Å². The molecule has 0 saturated heterocycles. The zero-order valence-corrected chi connectivity index (χ0v) is 26.1. The Hall–Kier alpha value is -4.19. The van der Waals surface area contributed by atoms with Crippen molar-refractivity contribution in [2.45, 2.75) is 52.4 Å². The number of aryl methyl sites for hydroxylation is 1. The Bertz CT molecular complexity index is 1960. The van der Waals surface area contributed by atoms with Gasteiger partial charge in [-0.05, 0) is 68.1 Å². The number of hydrogen-bond acceptors (Lipinski definition) is 4. The number of amides is 1. The van der Waals surface area contributed by atoms with Crippen LogP contribution in [0.1, 0.15) is 53.5 Å². The van der Waals surface area contributed by atoms with Crippen molar-refractivity contribution in [2.24, 2.45) is 13.0 Å². The van der Waals surface area contributed by atoms with E-state index in [0.29, 0.717) is 29.0 Å². The number of aromatic nitrogens is 5. The van der Waals surface area contributed by atoms with Gasteiger partial charge in [0, 0.05) is 52.2 Å². The maximum absolute atomic E-state index is 14.3. The Morgan fingerprint density at radius 3 is 2.50 bits per heavy atom. The van der Waals surface area contributed by atoms with E-state index >= 15 is 0 Å². The van der Waals surface area contributed by atoms with Gasteiger partial charge in [-0.15, -0.1) is 0 Å². The first kappa shape index (κ1) is 29.9. The fourth-order valence-electron chi connectivity index (χ4n) is 5.92. The molecule has 1 atom stereocenters. The lowest BCUT2D eigenvalue weighted by molar-refractivity contribution is -0.138. The van der Waals surface area contributed by atoms with Crippen LogP contribution in [0.4, 0.5) is 13.2 Å². The van der Waals surface area contributed by atoms with Crippen LogP contribution < -0.4 is 5.56 Å². The van der Waals surface area contributed by atoms with Crippen LogP contribution in [0.2, 0.25) is 0 Å². The third kappa shape index (κ3) is 5.14. The monoisotopic (exact) mass is 666 g/mol. The van der Waals surface area contributed by atoms with Gasteiger partial charge in [0.05, 0.1) is 29.7 Å². The minimum Gasteiger partial charge on any atom is -0.334 e. The predicted octanol–water partition coefficient (Wildman–Crippen LogP) is 6.45. The predicted molar refractivity (Wildman–Crippen MR) is 164 cm³/mol. The molecule has 0 saturated carbocycles. The van der Waals surface area contributed by atoms with Gasteiger partial charge in [-0.25, -0.2) is 9.50 Å². The average molecular weight is 668 g/mol. The molecular weight excluding hydrogens is 637 g/mol. The normalized spacial score (nSPS) is 15.3. The minimum absolute atomic E-state index is 0.0280. The third-order valence-electron chi connectivity index (χ3n) is 8.06. The zero-order valence-electron chi connectivity index (χ0n) is 24.6. The summed E-state index contributed by atoms with van der Waals surface area (Å²) in [6.07, 6.45) is 1.62. The lowest BCUT2D eigenvalue weighted by Crippen LogP contribution is -2.46. The number of carbonyl (C=O) groups is 1. The summed E-state index contributed by atoms with van der Waals surface area (Å²) in [4.78, 5) is 33.9. The van der Waals surface area contributed by atoms with Crippen LogP contribution in [0.15, 0.2) is 70.3 Å². The van der Waals surface area contributed by atoms with Crippen LogP contribution in [-0.2, 0) is 32.6 Å². The quantitative estimate of drug-likeness (QED) is 0.216. The number of fused-ring (bicyclic) bond motifs is 3. The Morgan fingerprint density at radius 2 is 1.86 bits per heavy atom. The Morgan fingerprint density at radius 1 is 1.14 bits per heavy atom. The molecule has 44 heavy (non-hydrogen) atoms. The SMILES string of the molecule is CC(C)Cc1cnn2c3c(c(=O)n(-c4ccc(-c5nccn5C)cc4)c12)C[C@@H](C)N(C(=O)c1ccc(Br)c(C(F)(F)F)c1)C3. The second-order valence-electron chi connectivity index (χ2n) is 11.7. The topological polar surface area (TPSA) is 77.4 Å². The standard InChI is InChI=1S/C32H30BrF3N6O2/c1-18(2)13-22-16-38-42-27-17-40(30(43)21-7-10-26(33)25(15-21)32(34,35)36)19(3)14-24(27)31(44)41(29(22)42)23-8-5-20(6-9-23)28-37-11-12-39(28)4/h5-12,15-16,18-19H,13-14,17H2,1-4H3/t19-/m1/s1. The molecule has 4 heterocycles. The van der Waals surface area contributed by atoms with E-state index < -0.39 is 23.7 Å². The zero-order chi connectivity index (χ0) is 31.5. The van der Waals surface area contributed by atoms with Crippen molar-refractivity contribution in [3.63, 3.8) is 0 Å². The number of halogens is 4. The van der Waals surface area contributed by atoms with Gasteiger partial charge < -0.3 is 9.47 Å². The molecule has 12 heteroatoms. The Kier molecular flexibility index (Phi) is 7.51. The summed E-state index contributed by atoms with van der Waals surface area (Å²) in [6.45, 7) is 6.00. The van der Waals surface area contributed by atoms with Gasteiger partial charge in [0.1, 0.15) is 11.5 Å². The van der Waals surface area contributed by atoms with Crippen LogP contribution in [0.3, 0.4) is 0 Å². The van der Waals surface area contributed by atoms with Crippen molar-refractivity contribution in [2.75, 3.05) is 0 Å². The molecule has 8 nitrogen and oxygen atoms in total. The molecule has 5 aromatic rings. The van der Waals surface area contributed by atoms with E-state index in [9.17, 15) is 22.8 Å². The molecule has 0 fully saturated rings. The number of hydrogen-bond donors (Lipinski definition) is 0. The number of nitrogens with zero attached hydrogens (tertiary/aromatic N) is 6. The summed E-state index contributed by atoms with van der Waals surface area (Å²) in [6, 6.07) is 10.7. The fourth-order valence-corrected chi connectivity index (χ4v) is 6.40. The van der Waals surface area contributed by atoms with Gasteiger partial charge in [0.2, 0.25) is 0 Å². The van der Waals surface area contributed by atoms with Gasteiger partial charge >= 0.3 is 6.18 Å². The molecule has 0 radical (unpaired) electrons. The smallest absolute Gasteiger partial charge is 0.334 e. The molecule has 1 amide bonds. The molecule has 0 unspecified atom stereocenters. The van der Waals surface area contributed by atoms with Gasteiger partial charge in [0.15, 0.2) is 0 Å². The van der Waals surface area contributed by atoms with E-state index in [1.165, 1.54) is 17.0 Å². The molecule has 228 valence electrons. The van der Waals surface area contributed by atoms with E-state index in [1.54, 1.807) is 28.4 Å². The van der Waals surface area contributed by atoms with E-state index in [2.05, 4.69) is 39.9 Å². The average Bonchev–Trinajstić information content (AvgIpc) is 3.58. The van der Waals surface area contributed by atoms with Gasteiger partial charge in [-0.1, -0.05) is 29.8 Å². The van der Waals surface area contributed by atoms with Crippen LogP contribution >= 0.6 is 15.9 Å². The fraction of sp³-hybridized carbons (Fsp3) is 0.312. The lowest BCUT2D eigenvalue weighted by Gasteiger charge is -2.35. The molecule has 2 aromatic carbocycles. The summed E-state index contributed by atoms with van der Waals surface area (Å²) in [7, 11) is 1.92. The molecule has 1 aliphatic rings. The van der Waals surface area contributed by atoms with E-state index in [4.69, 9.17) is 0 Å². The first-order valence-electron chi connectivity index (χ1n) is 14.2. The van der Waals surface area contributed by atoms with Crippen LogP contribution in [0.5, 0.6) is 0 Å². The number of benzene rings is 2. The minimum atomic E-state index is -4.62. The lowest BCUT2D eigenvalue weighted by atomic mass is 9.97. The van der Waals surface area contributed by atoms with Crippen molar-refractivity contribution >= 4 is 27.5 Å². The largest absolute Gasteiger partial charge is 0.417 e. The number of carbonyl (C=O) groups excluding carboxylic acids is 1. The number of rotatable bonds is 5. The molecule has 0 spiro atoms. The van der Waals surface area contributed by atoms with Crippen molar-refractivity contribution in [3.05, 3.63) is 104 Å². The van der Waals surface area contributed by atoms with Crippen molar-refractivity contribution in [1.82, 2.24) is 28.6 Å². The van der Waals surface area contributed by atoms with Gasteiger partial charge in [-0.2, -0.15) is 18.3 Å². The van der Waals surface area contributed by atoms with Crippen molar-refractivity contribution in [3.8, 4) is 17.1 Å². The molecule has 1 aliphatic heterocycles. The van der Waals surface area contributed by atoms with Crippen molar-refractivity contribution in [1.29, 1.82) is 0 Å². The van der Waals surface area contributed by atoms with E-state index in [0.717, 1.165) is 23.0 Å². The van der Waals surface area contributed by atoms with Crippen LogP contribution in [-0.4, -0.2) is 40.6 Å². The van der Waals surface area contributed by atoms with Crippen molar-refractivity contribution < 1.29 is 18.0 Å². The Balaban J connectivity index is 1.46. The first-order chi connectivity index (χ1) is 20.8. The van der Waals surface area contributed by atoms with Crippen LogP contribution in [0.25, 0.3) is 22.7 Å². The third-order valence-corrected chi connectivity index (χ3v) is 8.75. The number of alkyl halides is 3. The number of imidazole rings is 1. The summed E-state index contributed by atoms with van der Waals surface area (Å²) < 4.78 is 46.0. The summed E-state index contributed by atoms with van der Waals surface area (Å²) >= 11 is 2.94. The second kappa shape index (κ2) is 11.1. The maximum atomic E-state index is 14.3.